The van der Waals surface area contributed by atoms with Gasteiger partial charge in [0, 0.05) is 35.1 Å². The summed E-state index contributed by atoms with van der Waals surface area (Å²) in [5.41, 5.74) is 1.29. The zero-order valence-corrected chi connectivity index (χ0v) is 21.9. The van der Waals surface area contributed by atoms with Crippen molar-refractivity contribution in [3.05, 3.63) is 51.5 Å². The predicted octanol–water partition coefficient (Wildman–Crippen LogP) is 5.97. The Labute approximate surface area is 217 Å². The van der Waals surface area contributed by atoms with E-state index in [0.29, 0.717) is 42.9 Å². The van der Waals surface area contributed by atoms with Gasteiger partial charge in [0.15, 0.2) is 0 Å². The molecule has 0 bridgehead atoms. The van der Waals surface area contributed by atoms with Crippen LogP contribution in [0.2, 0.25) is 0 Å². The molecule has 1 fully saturated rings. The Hall–Kier alpha value is -2.88. The van der Waals surface area contributed by atoms with E-state index in [4.69, 9.17) is 0 Å². The molecule has 3 aromatic heterocycles. The molecule has 1 saturated carbocycles. The first-order valence-corrected chi connectivity index (χ1v) is 13.3. The van der Waals surface area contributed by atoms with Crippen LogP contribution >= 0.6 is 11.3 Å². The molecule has 0 saturated heterocycles. The number of halogens is 3. The number of thiophene rings is 1. The molecule has 1 N–H and O–H groups in total. The predicted molar refractivity (Wildman–Crippen MR) is 134 cm³/mol. The van der Waals surface area contributed by atoms with E-state index in [9.17, 15) is 27.9 Å². The van der Waals surface area contributed by atoms with E-state index in [1.165, 1.54) is 6.07 Å². The quantitative estimate of drug-likeness (QED) is 0.439. The molecule has 0 radical (unpaired) electrons. The van der Waals surface area contributed by atoms with Crippen molar-refractivity contribution in [2.45, 2.75) is 65.7 Å². The van der Waals surface area contributed by atoms with Crippen LogP contribution in [-0.4, -0.2) is 38.0 Å². The van der Waals surface area contributed by atoms with Crippen molar-refractivity contribution in [3.8, 4) is 0 Å². The third kappa shape index (κ3) is 4.23. The lowest BCUT2D eigenvalue weighted by atomic mass is 9.65. The van der Waals surface area contributed by atoms with Crippen LogP contribution < -0.4 is 0 Å². The van der Waals surface area contributed by atoms with Crippen LogP contribution in [-0.2, 0) is 35.3 Å². The lowest BCUT2D eigenvalue weighted by Crippen LogP contribution is -2.43. The highest BCUT2D eigenvalue weighted by molar-refractivity contribution is 7.12. The maximum absolute atomic E-state index is 13.5. The summed E-state index contributed by atoms with van der Waals surface area (Å²) in [5, 5.41) is 10.8. The largest absolute Gasteiger partial charge is 0.481 e. The first kappa shape index (κ1) is 25.8. The minimum Gasteiger partial charge on any atom is -0.481 e. The monoisotopic (exact) mass is 533 g/mol. The summed E-state index contributed by atoms with van der Waals surface area (Å²) >= 11 is 0.725. The van der Waals surface area contributed by atoms with Crippen LogP contribution in [0.5, 0.6) is 0 Å². The molecule has 198 valence electrons. The number of pyridine rings is 1. The molecule has 1 aliphatic heterocycles. The highest BCUT2D eigenvalue weighted by Crippen LogP contribution is 2.57. The van der Waals surface area contributed by atoms with E-state index >= 15 is 0 Å². The number of carboxylic acids is 1. The van der Waals surface area contributed by atoms with Gasteiger partial charge in [-0.05, 0) is 67.3 Å². The minimum absolute atomic E-state index is 0.0152. The number of aliphatic carboxylic acids is 1. The Balaban J connectivity index is 1.41. The number of amides is 1. The van der Waals surface area contributed by atoms with E-state index in [2.05, 4.69) is 4.98 Å². The van der Waals surface area contributed by atoms with E-state index in [-0.39, 0.29) is 24.8 Å². The van der Waals surface area contributed by atoms with Gasteiger partial charge in [-0.2, -0.15) is 13.2 Å². The van der Waals surface area contributed by atoms with Gasteiger partial charge in [0.2, 0.25) is 5.91 Å². The van der Waals surface area contributed by atoms with Crippen molar-refractivity contribution >= 4 is 34.2 Å². The van der Waals surface area contributed by atoms with E-state index < -0.39 is 27.9 Å². The van der Waals surface area contributed by atoms with E-state index in [0.717, 1.165) is 34.0 Å². The average molecular weight is 534 g/mol. The molecule has 1 aliphatic carbocycles. The Morgan fingerprint density at radius 1 is 1.22 bits per heavy atom. The maximum Gasteiger partial charge on any atom is 0.425 e. The second-order valence-electron chi connectivity index (χ2n) is 11.0. The third-order valence-electron chi connectivity index (χ3n) is 8.95. The van der Waals surface area contributed by atoms with Gasteiger partial charge in [0.1, 0.15) is 10.5 Å². The standard InChI is InChI=1S/C27H30F3N3O3S/c1-25(2)16(8-10-26(25,3)24(35)36)13-22(34)32-12-9-18-19-5-4-11-31-23(19)33(20(18)15-32)14-17-6-7-21(37-17)27(28,29)30/h4-7,11,16H,8-10,12-15H2,1-3H3,(H,35,36)/t16-,26+/m1/s1. The molecule has 3 aromatic rings. The van der Waals surface area contributed by atoms with Gasteiger partial charge in [0.05, 0.1) is 18.5 Å². The van der Waals surface area contributed by atoms with Crippen molar-refractivity contribution in [2.75, 3.05) is 6.54 Å². The van der Waals surface area contributed by atoms with Gasteiger partial charge in [-0.1, -0.05) is 13.8 Å². The van der Waals surface area contributed by atoms with Gasteiger partial charge < -0.3 is 14.6 Å². The van der Waals surface area contributed by atoms with Crippen LogP contribution in [0.25, 0.3) is 11.0 Å². The second kappa shape index (κ2) is 8.85. The first-order chi connectivity index (χ1) is 17.3. The molecule has 0 spiro atoms. The van der Waals surface area contributed by atoms with Gasteiger partial charge in [-0.25, -0.2) is 4.98 Å². The van der Waals surface area contributed by atoms with Gasteiger partial charge in [-0.15, -0.1) is 11.3 Å². The minimum atomic E-state index is -4.38. The lowest BCUT2D eigenvalue weighted by molar-refractivity contribution is -0.155. The topological polar surface area (TPSA) is 75.4 Å². The summed E-state index contributed by atoms with van der Waals surface area (Å²) in [5.74, 6) is -0.880. The van der Waals surface area contributed by atoms with Crippen LogP contribution in [0.15, 0.2) is 30.5 Å². The number of fused-ring (bicyclic) bond motifs is 3. The van der Waals surface area contributed by atoms with E-state index in [1.54, 1.807) is 18.0 Å². The van der Waals surface area contributed by atoms with Crippen molar-refractivity contribution < 1.29 is 27.9 Å². The Bertz CT molecular complexity index is 1380. The Kier molecular flexibility index (Phi) is 6.16. The summed E-state index contributed by atoms with van der Waals surface area (Å²) < 4.78 is 41.5. The van der Waals surface area contributed by atoms with Gasteiger partial charge in [-0.3, -0.25) is 9.59 Å². The van der Waals surface area contributed by atoms with Crippen LogP contribution in [0, 0.1) is 16.7 Å². The van der Waals surface area contributed by atoms with Gasteiger partial charge in [0.25, 0.3) is 0 Å². The number of rotatable bonds is 5. The van der Waals surface area contributed by atoms with Crippen molar-refractivity contribution in [3.63, 3.8) is 0 Å². The number of hydrogen-bond donors (Lipinski definition) is 1. The SMILES string of the molecule is CC1(C)[C@@H](CC(=O)N2CCc3c(n(Cc4ccc(C(F)(F)F)s4)c4ncccc34)C2)CC[C@@]1(C)C(=O)O. The molecule has 37 heavy (non-hydrogen) atoms. The summed E-state index contributed by atoms with van der Waals surface area (Å²) in [6, 6.07) is 6.43. The summed E-state index contributed by atoms with van der Waals surface area (Å²) in [6.07, 6.45) is -0.570. The number of aromatic nitrogens is 2. The average Bonchev–Trinajstić information content (AvgIpc) is 3.50. The van der Waals surface area contributed by atoms with E-state index in [1.807, 2.05) is 30.5 Å². The van der Waals surface area contributed by atoms with Crippen LogP contribution in [0.4, 0.5) is 13.2 Å². The highest BCUT2D eigenvalue weighted by atomic mass is 32.1. The fourth-order valence-corrected chi connectivity index (χ4v) is 6.95. The number of carbonyl (C=O) groups is 2. The molecule has 5 rings (SSSR count). The number of carboxylic acid groups (broad SMARTS) is 1. The third-order valence-corrected chi connectivity index (χ3v) is 10.1. The Morgan fingerprint density at radius 3 is 2.62 bits per heavy atom. The number of nitrogens with zero attached hydrogens (tertiary/aromatic N) is 3. The molecule has 2 aliphatic rings. The van der Waals surface area contributed by atoms with Crippen LogP contribution in [0.1, 0.15) is 61.0 Å². The molecule has 0 aromatic carbocycles. The molecule has 0 unspecified atom stereocenters. The smallest absolute Gasteiger partial charge is 0.425 e. The maximum atomic E-state index is 13.5. The second-order valence-corrected chi connectivity index (χ2v) is 12.2. The van der Waals surface area contributed by atoms with Crippen molar-refractivity contribution in [1.82, 2.24) is 14.5 Å². The van der Waals surface area contributed by atoms with Crippen molar-refractivity contribution in [2.24, 2.45) is 16.7 Å². The highest BCUT2D eigenvalue weighted by Gasteiger charge is 2.56. The summed E-state index contributed by atoms with van der Waals surface area (Å²) in [6.45, 7) is 6.80. The molecule has 2 atom stereocenters. The fourth-order valence-electron chi connectivity index (χ4n) is 6.09. The molecule has 1 amide bonds. The molecular formula is C27H30F3N3O3S. The zero-order valence-electron chi connectivity index (χ0n) is 21.1. The zero-order chi connectivity index (χ0) is 26.8. The number of hydrogen-bond acceptors (Lipinski definition) is 4. The number of alkyl halides is 3. The molecule has 6 nitrogen and oxygen atoms in total. The molecule has 4 heterocycles. The normalized spacial score (nSPS) is 23.4. The van der Waals surface area contributed by atoms with Crippen LogP contribution in [0.3, 0.4) is 0 Å². The fraction of sp³-hybridized carbons (Fsp3) is 0.519. The summed E-state index contributed by atoms with van der Waals surface area (Å²) in [7, 11) is 0. The molecule has 10 heteroatoms. The lowest BCUT2D eigenvalue weighted by Gasteiger charge is -2.39. The molecular weight excluding hydrogens is 503 g/mol. The first-order valence-electron chi connectivity index (χ1n) is 12.4. The number of carbonyl (C=O) groups excluding carboxylic acids is 1. The summed E-state index contributed by atoms with van der Waals surface area (Å²) in [4.78, 5) is 31.7. The Morgan fingerprint density at radius 2 is 1.97 bits per heavy atom. The van der Waals surface area contributed by atoms with Gasteiger partial charge >= 0.3 is 12.1 Å². The van der Waals surface area contributed by atoms with Crippen molar-refractivity contribution in [1.29, 1.82) is 0 Å².